The molecule has 3 rings (SSSR count). The van der Waals surface area contributed by atoms with Gasteiger partial charge in [-0.2, -0.15) is 0 Å². The molecule has 2 aromatic carbocycles. The van der Waals surface area contributed by atoms with Crippen molar-refractivity contribution in [2.45, 2.75) is 30.3 Å². The van der Waals surface area contributed by atoms with E-state index < -0.39 is 10.0 Å². The first-order valence-corrected chi connectivity index (χ1v) is 9.98. The van der Waals surface area contributed by atoms with Gasteiger partial charge in [0.15, 0.2) is 0 Å². The van der Waals surface area contributed by atoms with Crippen LogP contribution in [0, 0.1) is 0 Å². The molecule has 0 unspecified atom stereocenters. The van der Waals surface area contributed by atoms with Gasteiger partial charge in [0, 0.05) is 17.6 Å². The summed E-state index contributed by atoms with van der Waals surface area (Å²) < 4.78 is 32.1. The van der Waals surface area contributed by atoms with E-state index in [0.29, 0.717) is 16.3 Å². The molecule has 0 saturated heterocycles. The van der Waals surface area contributed by atoms with E-state index in [1.54, 1.807) is 24.3 Å². The second kappa shape index (κ2) is 7.65. The molecule has 1 fully saturated rings. The van der Waals surface area contributed by atoms with Crippen molar-refractivity contribution in [1.82, 2.24) is 10.0 Å². The number of hydrogen-bond acceptors (Lipinski definition) is 4. The smallest absolute Gasteiger partial charge is 0.255 e. The lowest BCUT2D eigenvalue weighted by Gasteiger charge is -2.10. The Hall–Kier alpha value is -2.09. The van der Waals surface area contributed by atoms with Crippen LogP contribution in [0.5, 0.6) is 5.75 Å². The van der Waals surface area contributed by atoms with Crippen LogP contribution < -0.4 is 14.8 Å². The summed E-state index contributed by atoms with van der Waals surface area (Å²) in [4.78, 5) is 12.6. The second-order valence-corrected chi connectivity index (χ2v) is 8.22. The highest BCUT2D eigenvalue weighted by atomic mass is 35.5. The molecule has 1 aliphatic rings. The lowest BCUT2D eigenvalue weighted by atomic mass is 10.1. The van der Waals surface area contributed by atoms with E-state index in [4.69, 9.17) is 16.3 Å². The normalized spacial score (nSPS) is 14.1. The zero-order chi connectivity index (χ0) is 18.7. The van der Waals surface area contributed by atoms with Gasteiger partial charge < -0.3 is 10.1 Å². The molecule has 0 aromatic heterocycles. The molecule has 6 nitrogen and oxygen atoms in total. The van der Waals surface area contributed by atoms with Gasteiger partial charge >= 0.3 is 0 Å². The van der Waals surface area contributed by atoms with Crippen LogP contribution in [0.2, 0.25) is 5.02 Å². The van der Waals surface area contributed by atoms with Crippen molar-refractivity contribution in [2.24, 2.45) is 0 Å². The van der Waals surface area contributed by atoms with Gasteiger partial charge in [0.05, 0.1) is 17.6 Å². The summed E-state index contributed by atoms with van der Waals surface area (Å²) in [5.74, 6) is 0.107. The highest BCUT2D eigenvalue weighted by molar-refractivity contribution is 7.89. The second-order valence-electron chi connectivity index (χ2n) is 6.07. The minimum Gasteiger partial charge on any atom is -0.496 e. The van der Waals surface area contributed by atoms with E-state index in [0.717, 1.165) is 18.4 Å². The number of amides is 1. The van der Waals surface area contributed by atoms with Crippen LogP contribution in [0.4, 0.5) is 0 Å². The van der Waals surface area contributed by atoms with Crippen molar-refractivity contribution in [2.75, 3.05) is 7.11 Å². The molecule has 2 N–H and O–H groups in total. The predicted molar refractivity (Wildman–Crippen MR) is 99.0 cm³/mol. The lowest BCUT2D eigenvalue weighted by molar-refractivity contribution is 0.0948. The molecular formula is C18H19ClN2O4S. The Labute approximate surface area is 157 Å². The average molecular weight is 395 g/mol. The van der Waals surface area contributed by atoms with Gasteiger partial charge in [-0.15, -0.1) is 0 Å². The number of carbonyl (C=O) groups is 1. The van der Waals surface area contributed by atoms with Gasteiger partial charge in [0.2, 0.25) is 10.0 Å². The molecule has 1 aliphatic carbocycles. The van der Waals surface area contributed by atoms with Crippen molar-refractivity contribution < 1.29 is 17.9 Å². The number of halogens is 1. The molecule has 0 atom stereocenters. The highest BCUT2D eigenvalue weighted by Crippen LogP contribution is 2.23. The maximum absolute atomic E-state index is 12.3. The summed E-state index contributed by atoms with van der Waals surface area (Å²) >= 11 is 5.94. The van der Waals surface area contributed by atoms with E-state index in [9.17, 15) is 13.2 Å². The van der Waals surface area contributed by atoms with E-state index in [1.807, 2.05) is 0 Å². The minimum atomic E-state index is -3.47. The van der Waals surface area contributed by atoms with Crippen LogP contribution in [-0.4, -0.2) is 27.5 Å². The monoisotopic (exact) mass is 394 g/mol. The first-order chi connectivity index (χ1) is 12.4. The summed E-state index contributed by atoms with van der Waals surface area (Å²) in [5, 5.41) is 3.21. The molecule has 0 aliphatic heterocycles. The van der Waals surface area contributed by atoms with Gasteiger partial charge in [-0.1, -0.05) is 23.7 Å². The number of carbonyl (C=O) groups excluding carboxylic acids is 1. The SMILES string of the molecule is COc1ccc(Cl)cc1C(=O)NCc1ccc(S(=O)(=O)NC2CC2)cc1. The molecule has 8 heteroatoms. The molecule has 0 spiro atoms. The van der Waals surface area contributed by atoms with Crippen LogP contribution in [0.3, 0.4) is 0 Å². The van der Waals surface area contributed by atoms with Crippen molar-refractivity contribution in [3.8, 4) is 5.75 Å². The molecule has 1 amide bonds. The lowest BCUT2D eigenvalue weighted by Crippen LogP contribution is -2.26. The molecule has 0 heterocycles. The molecular weight excluding hydrogens is 376 g/mol. The summed E-state index contributed by atoms with van der Waals surface area (Å²) in [5.41, 5.74) is 1.12. The van der Waals surface area contributed by atoms with Gasteiger partial charge in [-0.05, 0) is 48.7 Å². The maximum Gasteiger partial charge on any atom is 0.255 e. The van der Waals surface area contributed by atoms with Crippen molar-refractivity contribution >= 4 is 27.5 Å². The predicted octanol–water partition coefficient (Wildman–Crippen LogP) is 2.72. The van der Waals surface area contributed by atoms with Gasteiger partial charge in [0.1, 0.15) is 5.75 Å². The number of rotatable bonds is 7. The number of hydrogen-bond donors (Lipinski definition) is 2. The molecule has 138 valence electrons. The fourth-order valence-electron chi connectivity index (χ4n) is 2.41. The Bertz CT molecular complexity index is 909. The van der Waals surface area contributed by atoms with Gasteiger partial charge in [-0.25, -0.2) is 13.1 Å². The first kappa shape index (κ1) is 18.7. The Morgan fingerprint density at radius 2 is 1.88 bits per heavy atom. The standard InChI is InChI=1S/C18H19ClN2O4S/c1-25-17-9-4-13(19)10-16(17)18(22)20-11-12-2-7-15(8-3-12)26(23,24)21-14-5-6-14/h2-4,7-10,14,21H,5-6,11H2,1H3,(H,20,22). The molecule has 1 saturated carbocycles. The molecule has 0 bridgehead atoms. The van der Waals surface area contributed by atoms with E-state index in [-0.39, 0.29) is 23.4 Å². The van der Waals surface area contributed by atoms with E-state index >= 15 is 0 Å². The van der Waals surface area contributed by atoms with Gasteiger partial charge in [0.25, 0.3) is 5.91 Å². The first-order valence-electron chi connectivity index (χ1n) is 8.12. The van der Waals surface area contributed by atoms with Gasteiger partial charge in [-0.3, -0.25) is 4.79 Å². The summed E-state index contributed by atoms with van der Waals surface area (Å²) in [7, 11) is -1.99. The zero-order valence-electron chi connectivity index (χ0n) is 14.2. The topological polar surface area (TPSA) is 84.5 Å². The number of ether oxygens (including phenoxy) is 1. The van der Waals surface area contributed by atoms with Crippen molar-refractivity contribution in [3.63, 3.8) is 0 Å². The quantitative estimate of drug-likeness (QED) is 0.756. The summed E-state index contributed by atoms with van der Waals surface area (Å²) in [6, 6.07) is 11.3. The fourth-order valence-corrected chi connectivity index (χ4v) is 3.89. The Balaban J connectivity index is 1.65. The van der Waals surface area contributed by atoms with E-state index in [1.165, 1.54) is 25.3 Å². The third kappa shape index (κ3) is 4.55. The number of nitrogens with one attached hydrogen (secondary N) is 2. The number of benzene rings is 2. The average Bonchev–Trinajstić information content (AvgIpc) is 3.43. The Morgan fingerprint density at radius 1 is 1.19 bits per heavy atom. The molecule has 0 radical (unpaired) electrons. The van der Waals surface area contributed by atoms with Crippen LogP contribution in [0.15, 0.2) is 47.4 Å². The van der Waals surface area contributed by atoms with Crippen LogP contribution in [0.25, 0.3) is 0 Å². The minimum absolute atomic E-state index is 0.0617. The fraction of sp³-hybridized carbons (Fsp3) is 0.278. The molecule has 26 heavy (non-hydrogen) atoms. The van der Waals surface area contributed by atoms with Crippen molar-refractivity contribution in [1.29, 1.82) is 0 Å². The third-order valence-corrected chi connectivity index (χ3v) is 5.76. The Kier molecular flexibility index (Phi) is 5.50. The number of methoxy groups -OCH3 is 1. The van der Waals surface area contributed by atoms with Crippen LogP contribution >= 0.6 is 11.6 Å². The number of sulfonamides is 1. The highest BCUT2D eigenvalue weighted by Gasteiger charge is 2.27. The van der Waals surface area contributed by atoms with Crippen LogP contribution in [-0.2, 0) is 16.6 Å². The van der Waals surface area contributed by atoms with E-state index in [2.05, 4.69) is 10.0 Å². The third-order valence-electron chi connectivity index (χ3n) is 3.99. The summed E-state index contributed by atoms with van der Waals surface area (Å²) in [6.45, 7) is 0.255. The largest absolute Gasteiger partial charge is 0.496 e. The van der Waals surface area contributed by atoms with Crippen LogP contribution in [0.1, 0.15) is 28.8 Å². The van der Waals surface area contributed by atoms with Crippen molar-refractivity contribution in [3.05, 3.63) is 58.6 Å². The molecule has 2 aromatic rings. The summed E-state index contributed by atoms with van der Waals surface area (Å²) in [6.07, 6.45) is 1.77. The maximum atomic E-state index is 12.3. The Morgan fingerprint density at radius 3 is 2.50 bits per heavy atom. The zero-order valence-corrected chi connectivity index (χ0v) is 15.7.